The molecule has 1 aromatic carbocycles. The summed E-state index contributed by atoms with van der Waals surface area (Å²) in [4.78, 5) is 14.8. The van der Waals surface area contributed by atoms with Gasteiger partial charge >= 0.3 is 5.97 Å². The molecule has 2 N–H and O–H groups in total. The van der Waals surface area contributed by atoms with E-state index in [0.29, 0.717) is 30.7 Å². The fourth-order valence-electron chi connectivity index (χ4n) is 2.02. The van der Waals surface area contributed by atoms with E-state index in [0.717, 1.165) is 0 Å². The van der Waals surface area contributed by atoms with Crippen LogP contribution in [-0.2, 0) is 4.79 Å². The average Bonchev–Trinajstić information content (AvgIpc) is 2.56. The monoisotopic (exact) mass is 315 g/mol. The number of rotatable bonds is 8. The van der Waals surface area contributed by atoms with Crippen molar-refractivity contribution in [2.45, 2.75) is 25.7 Å². The second kappa shape index (κ2) is 8.63. The van der Waals surface area contributed by atoms with E-state index >= 15 is 0 Å². The van der Waals surface area contributed by atoms with Crippen molar-refractivity contribution >= 4 is 17.4 Å². The molecule has 23 heavy (non-hydrogen) atoms. The molecule has 2 rings (SSSR count). The lowest BCUT2D eigenvalue weighted by Crippen LogP contribution is -2.07. The summed E-state index contributed by atoms with van der Waals surface area (Å²) in [6, 6.07) is 11.7. The maximum atomic E-state index is 13.6. The number of carboxylic acids is 1. The van der Waals surface area contributed by atoms with Gasteiger partial charge in [0.1, 0.15) is 5.82 Å². The first-order valence-corrected chi connectivity index (χ1v) is 7.37. The fourth-order valence-corrected chi connectivity index (χ4v) is 2.02. The van der Waals surface area contributed by atoms with Gasteiger partial charge in [-0.05, 0) is 43.5 Å². The summed E-state index contributed by atoms with van der Waals surface area (Å²) in [5.74, 6) is -1.20. The summed E-state index contributed by atoms with van der Waals surface area (Å²) in [6.45, 7) is 0. The molecule has 0 spiro atoms. The van der Waals surface area contributed by atoms with E-state index in [9.17, 15) is 9.18 Å². The molecule has 0 radical (unpaired) electrons. The van der Waals surface area contributed by atoms with Gasteiger partial charge in [-0.1, -0.05) is 18.2 Å². The number of carbonyl (C=O) groups is 1. The van der Waals surface area contributed by atoms with Gasteiger partial charge in [-0.2, -0.15) is 5.10 Å². The summed E-state index contributed by atoms with van der Waals surface area (Å²) in [5.41, 5.74) is 4.35. The molecule has 1 heterocycles. The zero-order chi connectivity index (χ0) is 16.5. The molecule has 0 aliphatic carbocycles. The fraction of sp³-hybridized carbons (Fsp3) is 0.235. The summed E-state index contributed by atoms with van der Waals surface area (Å²) < 4.78 is 13.6. The number of nitrogens with zero attached hydrogens (tertiary/aromatic N) is 2. The van der Waals surface area contributed by atoms with Crippen LogP contribution < -0.4 is 5.43 Å². The Balaban J connectivity index is 2.08. The number of para-hydroxylation sites is 1. The Morgan fingerprint density at radius 3 is 2.57 bits per heavy atom. The Bertz CT molecular complexity index is 675. The third kappa shape index (κ3) is 5.50. The molecular formula is C17H18FN3O2. The Morgan fingerprint density at radius 2 is 1.87 bits per heavy atom. The Hall–Kier alpha value is -2.76. The molecule has 0 fully saturated rings. The van der Waals surface area contributed by atoms with E-state index in [1.165, 1.54) is 6.07 Å². The van der Waals surface area contributed by atoms with E-state index in [4.69, 9.17) is 5.11 Å². The van der Waals surface area contributed by atoms with Crippen LogP contribution in [0.4, 0.5) is 10.1 Å². The molecule has 120 valence electrons. The van der Waals surface area contributed by atoms with E-state index in [1.54, 1.807) is 30.5 Å². The Labute approximate surface area is 133 Å². The van der Waals surface area contributed by atoms with Gasteiger partial charge in [0.2, 0.25) is 0 Å². The minimum atomic E-state index is -0.814. The third-order valence-corrected chi connectivity index (χ3v) is 3.20. The minimum absolute atomic E-state index is 0.121. The van der Waals surface area contributed by atoms with Crippen LogP contribution >= 0.6 is 0 Å². The Morgan fingerprint density at radius 1 is 1.13 bits per heavy atom. The van der Waals surface area contributed by atoms with Gasteiger partial charge in [-0.3, -0.25) is 15.2 Å². The summed E-state index contributed by atoms with van der Waals surface area (Å²) in [7, 11) is 0. The number of anilines is 1. The molecule has 0 amide bonds. The highest BCUT2D eigenvalue weighted by Gasteiger charge is 2.07. The van der Waals surface area contributed by atoms with Crippen LogP contribution in [-0.4, -0.2) is 21.8 Å². The van der Waals surface area contributed by atoms with Crippen LogP contribution in [0.15, 0.2) is 53.8 Å². The number of aliphatic carboxylic acids is 1. The normalized spacial score (nSPS) is 11.3. The van der Waals surface area contributed by atoms with Crippen molar-refractivity contribution in [1.82, 2.24) is 4.98 Å². The van der Waals surface area contributed by atoms with Gasteiger partial charge in [0.05, 0.1) is 17.1 Å². The number of hydrogen-bond donors (Lipinski definition) is 2. The van der Waals surface area contributed by atoms with Crippen molar-refractivity contribution in [1.29, 1.82) is 0 Å². The summed E-state index contributed by atoms with van der Waals surface area (Å²) in [6.07, 6.45) is 3.56. The van der Waals surface area contributed by atoms with E-state index in [-0.39, 0.29) is 17.9 Å². The van der Waals surface area contributed by atoms with Crippen molar-refractivity contribution in [2.24, 2.45) is 5.10 Å². The van der Waals surface area contributed by atoms with Gasteiger partial charge in [0.25, 0.3) is 0 Å². The molecule has 0 saturated heterocycles. The summed E-state index contributed by atoms with van der Waals surface area (Å²) >= 11 is 0. The van der Waals surface area contributed by atoms with Gasteiger partial charge < -0.3 is 5.11 Å². The average molecular weight is 315 g/mol. The SMILES string of the molecule is O=C(O)CCCC/C(=N\Nc1ccccc1F)c1ccccn1. The lowest BCUT2D eigenvalue weighted by molar-refractivity contribution is -0.137. The maximum absolute atomic E-state index is 13.6. The van der Waals surface area contributed by atoms with Crippen LogP contribution in [0.2, 0.25) is 0 Å². The highest BCUT2D eigenvalue weighted by molar-refractivity contribution is 5.99. The lowest BCUT2D eigenvalue weighted by atomic mass is 10.1. The second-order valence-electron chi connectivity index (χ2n) is 4.97. The van der Waals surface area contributed by atoms with E-state index in [1.807, 2.05) is 12.1 Å². The van der Waals surface area contributed by atoms with Crippen LogP contribution in [0.25, 0.3) is 0 Å². The number of aromatic nitrogens is 1. The Kier molecular flexibility index (Phi) is 6.23. The maximum Gasteiger partial charge on any atom is 0.303 e. The van der Waals surface area contributed by atoms with Gasteiger partial charge in [-0.25, -0.2) is 4.39 Å². The zero-order valence-electron chi connectivity index (χ0n) is 12.6. The first kappa shape index (κ1) is 16.6. The second-order valence-corrected chi connectivity index (χ2v) is 4.97. The zero-order valence-corrected chi connectivity index (χ0v) is 12.6. The number of carboxylic acid groups (broad SMARTS) is 1. The standard InChI is InChI=1S/C17H18FN3O2/c18-13-7-1-2-8-14(13)20-21-16(10-3-4-11-17(22)23)15-9-5-6-12-19-15/h1-2,5-9,12,20H,3-4,10-11H2,(H,22,23)/b21-16+. The number of hydrogen-bond acceptors (Lipinski definition) is 4. The molecule has 0 bridgehead atoms. The first-order chi connectivity index (χ1) is 11.2. The van der Waals surface area contributed by atoms with Gasteiger partial charge in [-0.15, -0.1) is 0 Å². The van der Waals surface area contributed by atoms with Crippen LogP contribution in [0, 0.1) is 5.82 Å². The van der Waals surface area contributed by atoms with Crippen LogP contribution in [0.5, 0.6) is 0 Å². The van der Waals surface area contributed by atoms with Crippen molar-refractivity contribution < 1.29 is 14.3 Å². The molecule has 0 aliphatic heterocycles. The molecule has 0 unspecified atom stereocenters. The number of halogens is 1. The highest BCUT2D eigenvalue weighted by Crippen LogP contribution is 2.14. The molecule has 5 nitrogen and oxygen atoms in total. The lowest BCUT2D eigenvalue weighted by Gasteiger charge is -2.08. The molecule has 0 saturated carbocycles. The van der Waals surface area contributed by atoms with Crippen LogP contribution in [0.1, 0.15) is 31.4 Å². The number of nitrogens with one attached hydrogen (secondary N) is 1. The smallest absolute Gasteiger partial charge is 0.303 e. The summed E-state index contributed by atoms with van der Waals surface area (Å²) in [5, 5.41) is 12.9. The quantitative estimate of drug-likeness (QED) is 0.443. The molecule has 0 atom stereocenters. The third-order valence-electron chi connectivity index (χ3n) is 3.20. The topological polar surface area (TPSA) is 74.6 Å². The van der Waals surface area contributed by atoms with Crippen molar-refractivity contribution in [3.63, 3.8) is 0 Å². The number of benzene rings is 1. The number of unbranched alkanes of at least 4 members (excludes halogenated alkanes) is 1. The minimum Gasteiger partial charge on any atom is -0.481 e. The van der Waals surface area contributed by atoms with Crippen molar-refractivity contribution in [3.8, 4) is 0 Å². The molecule has 2 aromatic rings. The van der Waals surface area contributed by atoms with Crippen molar-refractivity contribution in [3.05, 3.63) is 60.2 Å². The van der Waals surface area contributed by atoms with Gasteiger partial charge in [0.15, 0.2) is 0 Å². The van der Waals surface area contributed by atoms with E-state index in [2.05, 4.69) is 15.5 Å². The first-order valence-electron chi connectivity index (χ1n) is 7.37. The molecular weight excluding hydrogens is 297 g/mol. The van der Waals surface area contributed by atoms with Gasteiger partial charge in [0, 0.05) is 12.6 Å². The predicted molar refractivity (Wildman–Crippen MR) is 86.9 cm³/mol. The number of hydrazone groups is 1. The predicted octanol–water partition coefficient (Wildman–Crippen LogP) is 3.68. The highest BCUT2D eigenvalue weighted by atomic mass is 19.1. The van der Waals surface area contributed by atoms with Crippen molar-refractivity contribution in [2.75, 3.05) is 5.43 Å². The van der Waals surface area contributed by atoms with Crippen LogP contribution in [0.3, 0.4) is 0 Å². The van der Waals surface area contributed by atoms with E-state index < -0.39 is 5.97 Å². The molecule has 6 heteroatoms. The molecule has 1 aromatic heterocycles. The largest absolute Gasteiger partial charge is 0.481 e. The molecule has 0 aliphatic rings. The number of pyridine rings is 1.